The lowest BCUT2D eigenvalue weighted by Gasteiger charge is -2.05. The van der Waals surface area contributed by atoms with Gasteiger partial charge in [-0.15, -0.1) is 0 Å². The lowest BCUT2D eigenvalue weighted by atomic mass is 10.3. The van der Waals surface area contributed by atoms with E-state index in [0.717, 1.165) is 5.33 Å². The van der Waals surface area contributed by atoms with Crippen molar-refractivity contribution in [1.82, 2.24) is 5.32 Å². The van der Waals surface area contributed by atoms with Gasteiger partial charge in [0.15, 0.2) is 0 Å². The zero-order valence-electron chi connectivity index (χ0n) is 7.39. The van der Waals surface area contributed by atoms with E-state index in [2.05, 4.69) is 26.6 Å². The molecule has 0 aliphatic carbocycles. The molecule has 0 atom stereocenters. The molecule has 0 spiro atoms. The molecule has 2 N–H and O–H groups in total. The first-order chi connectivity index (χ1) is 6.72. The van der Waals surface area contributed by atoms with Gasteiger partial charge < -0.3 is 10.6 Å². The van der Waals surface area contributed by atoms with Crippen LogP contribution in [0.1, 0.15) is 0 Å². The van der Waals surface area contributed by atoms with Gasteiger partial charge in [0.2, 0.25) is 0 Å². The molecule has 0 fully saturated rings. The van der Waals surface area contributed by atoms with Gasteiger partial charge in [0.1, 0.15) is 0 Å². The Morgan fingerprint density at radius 3 is 2.93 bits per heavy atom. The van der Waals surface area contributed by atoms with Gasteiger partial charge in [-0.1, -0.05) is 33.6 Å². The molecule has 3 nitrogen and oxygen atoms in total. The number of benzene rings is 1. The van der Waals surface area contributed by atoms with E-state index >= 15 is 0 Å². The van der Waals surface area contributed by atoms with E-state index < -0.39 is 0 Å². The minimum Gasteiger partial charge on any atom is -0.337 e. The first kappa shape index (κ1) is 11.3. The van der Waals surface area contributed by atoms with Crippen molar-refractivity contribution in [2.45, 2.75) is 0 Å². The van der Waals surface area contributed by atoms with E-state index in [4.69, 9.17) is 11.6 Å². The van der Waals surface area contributed by atoms with Crippen LogP contribution in [0.2, 0.25) is 5.02 Å². The molecule has 76 valence electrons. The second-order valence-corrected chi connectivity index (χ2v) is 3.81. The highest BCUT2D eigenvalue weighted by Crippen LogP contribution is 2.14. The molecule has 0 aliphatic rings. The molecule has 0 saturated heterocycles. The third-order valence-corrected chi connectivity index (χ3v) is 2.09. The van der Waals surface area contributed by atoms with Gasteiger partial charge in [0.05, 0.1) is 0 Å². The highest BCUT2D eigenvalue weighted by Gasteiger charge is 1.99. The summed E-state index contributed by atoms with van der Waals surface area (Å²) in [4.78, 5) is 11.2. The number of carbonyl (C=O) groups is 1. The molecule has 1 aromatic carbocycles. The van der Waals surface area contributed by atoms with Gasteiger partial charge in [0, 0.05) is 22.6 Å². The van der Waals surface area contributed by atoms with Gasteiger partial charge in [-0.25, -0.2) is 4.79 Å². The standard InChI is InChI=1S/C9H10BrClN2O/c10-4-5-12-9(14)13-8-3-1-2-7(11)6-8/h1-3,6H,4-5H2,(H2,12,13,14). The van der Waals surface area contributed by atoms with E-state index in [9.17, 15) is 4.79 Å². The number of nitrogens with one attached hydrogen (secondary N) is 2. The maximum Gasteiger partial charge on any atom is 0.319 e. The van der Waals surface area contributed by atoms with E-state index in [1.807, 2.05) is 0 Å². The molecule has 0 aliphatic heterocycles. The third-order valence-electron chi connectivity index (χ3n) is 1.46. The normalized spacial score (nSPS) is 9.57. The number of urea groups is 1. The Hall–Kier alpha value is -0.740. The molecule has 0 radical (unpaired) electrons. The summed E-state index contributed by atoms with van der Waals surface area (Å²) >= 11 is 8.96. The first-order valence-corrected chi connectivity index (χ1v) is 5.58. The maximum absolute atomic E-state index is 11.2. The minimum atomic E-state index is -0.230. The van der Waals surface area contributed by atoms with E-state index in [1.165, 1.54) is 0 Å². The fourth-order valence-electron chi connectivity index (χ4n) is 0.902. The number of rotatable bonds is 3. The Morgan fingerprint density at radius 1 is 1.50 bits per heavy atom. The van der Waals surface area contributed by atoms with Crippen molar-refractivity contribution in [3.63, 3.8) is 0 Å². The van der Waals surface area contributed by atoms with Gasteiger partial charge in [-0.3, -0.25) is 0 Å². The zero-order valence-corrected chi connectivity index (χ0v) is 9.73. The van der Waals surface area contributed by atoms with Crippen LogP contribution < -0.4 is 10.6 Å². The van der Waals surface area contributed by atoms with Crippen molar-refractivity contribution < 1.29 is 4.79 Å². The molecule has 0 aromatic heterocycles. The van der Waals surface area contributed by atoms with Gasteiger partial charge in [-0.05, 0) is 18.2 Å². The molecule has 1 rings (SSSR count). The number of anilines is 1. The van der Waals surface area contributed by atoms with Crippen LogP contribution >= 0.6 is 27.5 Å². The maximum atomic E-state index is 11.2. The lowest BCUT2D eigenvalue weighted by molar-refractivity contribution is 0.252. The van der Waals surface area contributed by atoms with Crippen LogP contribution in [0.25, 0.3) is 0 Å². The van der Waals surface area contributed by atoms with E-state index in [-0.39, 0.29) is 6.03 Å². The molecular formula is C9H10BrClN2O. The number of carbonyl (C=O) groups excluding carboxylic acids is 1. The van der Waals surface area contributed by atoms with Crippen LogP contribution in [-0.4, -0.2) is 17.9 Å². The lowest BCUT2D eigenvalue weighted by Crippen LogP contribution is -2.30. The van der Waals surface area contributed by atoms with Crippen molar-refractivity contribution in [2.75, 3.05) is 17.2 Å². The first-order valence-electron chi connectivity index (χ1n) is 4.09. The largest absolute Gasteiger partial charge is 0.337 e. The van der Waals surface area contributed by atoms with Gasteiger partial charge in [-0.2, -0.15) is 0 Å². The average Bonchev–Trinajstić information content (AvgIpc) is 2.15. The Morgan fingerprint density at radius 2 is 2.29 bits per heavy atom. The summed E-state index contributed by atoms with van der Waals surface area (Å²) in [6.45, 7) is 0.590. The summed E-state index contributed by atoms with van der Waals surface area (Å²) in [5.41, 5.74) is 0.685. The average molecular weight is 278 g/mol. The van der Waals surface area contributed by atoms with Crippen molar-refractivity contribution >= 4 is 39.2 Å². The Balaban J connectivity index is 2.47. The highest BCUT2D eigenvalue weighted by atomic mass is 79.9. The minimum absolute atomic E-state index is 0.230. The quantitative estimate of drug-likeness (QED) is 0.820. The smallest absolute Gasteiger partial charge is 0.319 e. The summed E-state index contributed by atoms with van der Waals surface area (Å²) in [6, 6.07) is 6.77. The SMILES string of the molecule is O=C(NCCBr)Nc1cccc(Cl)c1. The topological polar surface area (TPSA) is 41.1 Å². The Bertz CT molecular complexity index is 319. The van der Waals surface area contributed by atoms with Crippen LogP contribution in [0.5, 0.6) is 0 Å². The summed E-state index contributed by atoms with van der Waals surface area (Å²) in [6.07, 6.45) is 0. The van der Waals surface area contributed by atoms with Crippen molar-refractivity contribution in [3.8, 4) is 0 Å². The number of hydrogen-bond acceptors (Lipinski definition) is 1. The summed E-state index contributed by atoms with van der Waals surface area (Å²) in [5, 5.41) is 6.65. The molecule has 1 aromatic rings. The molecule has 14 heavy (non-hydrogen) atoms. The monoisotopic (exact) mass is 276 g/mol. The molecule has 0 heterocycles. The number of hydrogen-bond donors (Lipinski definition) is 2. The second-order valence-electron chi connectivity index (χ2n) is 2.58. The third kappa shape index (κ3) is 3.98. The number of amides is 2. The zero-order chi connectivity index (χ0) is 10.4. The molecular weight excluding hydrogens is 267 g/mol. The van der Waals surface area contributed by atoms with Crippen LogP contribution in [0.4, 0.5) is 10.5 Å². The van der Waals surface area contributed by atoms with Crippen LogP contribution in [0, 0.1) is 0 Å². The van der Waals surface area contributed by atoms with Crippen LogP contribution in [-0.2, 0) is 0 Å². The molecule has 5 heteroatoms. The molecule has 2 amide bonds. The number of halogens is 2. The molecule has 0 unspecified atom stereocenters. The Kier molecular flexibility index (Phi) is 4.76. The predicted octanol–water partition coefficient (Wildman–Crippen LogP) is 2.86. The highest BCUT2D eigenvalue weighted by molar-refractivity contribution is 9.09. The molecule has 0 saturated carbocycles. The van der Waals surface area contributed by atoms with E-state index in [0.29, 0.717) is 17.3 Å². The van der Waals surface area contributed by atoms with Gasteiger partial charge >= 0.3 is 6.03 Å². The summed E-state index contributed by atoms with van der Waals surface area (Å²) in [5.74, 6) is 0. The van der Waals surface area contributed by atoms with Gasteiger partial charge in [0.25, 0.3) is 0 Å². The fourth-order valence-corrected chi connectivity index (χ4v) is 1.29. The fraction of sp³-hybridized carbons (Fsp3) is 0.222. The Labute approximate surface area is 96.0 Å². The summed E-state index contributed by atoms with van der Waals surface area (Å²) < 4.78 is 0. The van der Waals surface area contributed by atoms with Crippen molar-refractivity contribution in [2.24, 2.45) is 0 Å². The predicted molar refractivity (Wildman–Crippen MR) is 62.3 cm³/mol. The second kappa shape index (κ2) is 5.88. The molecule has 0 bridgehead atoms. The van der Waals surface area contributed by atoms with Crippen LogP contribution in [0.15, 0.2) is 24.3 Å². The number of alkyl halides is 1. The van der Waals surface area contributed by atoms with Crippen LogP contribution in [0.3, 0.4) is 0 Å². The van der Waals surface area contributed by atoms with Crippen molar-refractivity contribution in [1.29, 1.82) is 0 Å². The summed E-state index contributed by atoms with van der Waals surface area (Å²) in [7, 11) is 0. The van der Waals surface area contributed by atoms with E-state index in [1.54, 1.807) is 24.3 Å². The van der Waals surface area contributed by atoms with Crippen molar-refractivity contribution in [3.05, 3.63) is 29.3 Å².